The second-order valence-electron chi connectivity index (χ2n) is 6.37. The summed E-state index contributed by atoms with van der Waals surface area (Å²) in [7, 11) is 0. The third-order valence-corrected chi connectivity index (χ3v) is 4.41. The molecule has 0 spiro atoms. The molecule has 1 saturated heterocycles. The van der Waals surface area contributed by atoms with Gasteiger partial charge in [0.2, 0.25) is 0 Å². The van der Waals surface area contributed by atoms with Crippen molar-refractivity contribution in [3.05, 3.63) is 34.9 Å². The van der Waals surface area contributed by atoms with Crippen LogP contribution in [-0.4, -0.2) is 53.6 Å². The van der Waals surface area contributed by atoms with Crippen molar-refractivity contribution in [3.8, 4) is 0 Å². The van der Waals surface area contributed by atoms with Gasteiger partial charge in [0.25, 0.3) is 0 Å². The summed E-state index contributed by atoms with van der Waals surface area (Å²) in [5, 5.41) is 21.5. The van der Waals surface area contributed by atoms with Gasteiger partial charge in [-0.05, 0) is 44.4 Å². The molecule has 2 N–H and O–H groups in total. The fraction of sp³-hybridized carbons (Fsp3) is 0.647. The summed E-state index contributed by atoms with van der Waals surface area (Å²) in [6.45, 7) is 6.38. The lowest BCUT2D eigenvalue weighted by atomic mass is 9.84. The predicted molar refractivity (Wildman–Crippen MR) is 88.1 cm³/mol. The van der Waals surface area contributed by atoms with E-state index < -0.39 is 11.7 Å². The van der Waals surface area contributed by atoms with Crippen LogP contribution < -0.4 is 0 Å². The van der Waals surface area contributed by atoms with Gasteiger partial charge in [-0.25, -0.2) is 0 Å². The number of β-amino-alcohol motifs (C(OH)–C–C–N with tert-alkyl or cyclic N) is 1. The van der Waals surface area contributed by atoms with Gasteiger partial charge in [-0.15, -0.1) is 0 Å². The molecular formula is C17H26ClNO3. The van der Waals surface area contributed by atoms with Crippen molar-refractivity contribution in [1.82, 2.24) is 4.90 Å². The predicted octanol–water partition coefficient (Wildman–Crippen LogP) is 2.41. The van der Waals surface area contributed by atoms with Gasteiger partial charge in [-0.1, -0.05) is 23.7 Å². The number of nitrogens with zero attached hydrogens (tertiary/aromatic N) is 1. The molecule has 124 valence electrons. The first-order valence-electron chi connectivity index (χ1n) is 7.89. The Kier molecular flexibility index (Phi) is 6.24. The van der Waals surface area contributed by atoms with Gasteiger partial charge in [0, 0.05) is 24.7 Å². The molecule has 0 unspecified atom stereocenters. The van der Waals surface area contributed by atoms with Gasteiger partial charge in [0.15, 0.2) is 0 Å². The van der Waals surface area contributed by atoms with Crippen LogP contribution in [0.2, 0.25) is 5.02 Å². The maximum Gasteiger partial charge on any atom is 0.0920 e. The summed E-state index contributed by atoms with van der Waals surface area (Å²) in [6.07, 6.45) is 0.966. The molecular weight excluding hydrogens is 302 g/mol. The van der Waals surface area contributed by atoms with E-state index in [-0.39, 0.29) is 6.10 Å². The largest absolute Gasteiger partial charge is 0.389 e. The van der Waals surface area contributed by atoms with Crippen LogP contribution in [0.1, 0.15) is 32.3 Å². The fourth-order valence-corrected chi connectivity index (χ4v) is 2.93. The maximum absolute atomic E-state index is 10.8. The highest BCUT2D eigenvalue weighted by atomic mass is 35.5. The van der Waals surface area contributed by atoms with Crippen LogP contribution in [0.25, 0.3) is 0 Å². The molecule has 1 fully saturated rings. The molecule has 4 nitrogen and oxygen atoms in total. The van der Waals surface area contributed by atoms with E-state index >= 15 is 0 Å². The normalized spacial score (nSPS) is 20.3. The number of hydrogen-bond donors (Lipinski definition) is 2. The summed E-state index contributed by atoms with van der Waals surface area (Å²) < 4.78 is 5.43. The van der Waals surface area contributed by atoms with Gasteiger partial charge in [0.05, 0.1) is 24.4 Å². The Hall–Kier alpha value is -0.650. The standard InChI is InChI=1S/C17H26ClNO3/c1-13(2)22-12-16(20)11-19-9-7-17(21,8-10-19)14-3-5-15(18)6-4-14/h3-6,13,16,20-21H,7-12H2,1-2H3/t16-/m0/s1. The average Bonchev–Trinajstić information content (AvgIpc) is 2.48. The zero-order valence-corrected chi connectivity index (χ0v) is 14.1. The molecule has 1 heterocycles. The minimum atomic E-state index is -0.791. The Bertz CT molecular complexity index is 455. The number of hydrogen-bond acceptors (Lipinski definition) is 4. The van der Waals surface area contributed by atoms with Crippen molar-refractivity contribution in [3.63, 3.8) is 0 Å². The zero-order valence-electron chi connectivity index (χ0n) is 13.3. The third kappa shape index (κ3) is 4.93. The number of piperidine rings is 1. The molecule has 1 aromatic rings. The third-order valence-electron chi connectivity index (χ3n) is 4.16. The van der Waals surface area contributed by atoms with E-state index in [1.807, 2.05) is 38.1 Å². The Morgan fingerprint density at radius 3 is 2.36 bits per heavy atom. The molecule has 1 aliphatic rings. The molecule has 1 atom stereocenters. The van der Waals surface area contributed by atoms with Gasteiger partial charge in [-0.2, -0.15) is 0 Å². The molecule has 1 aromatic carbocycles. The molecule has 0 saturated carbocycles. The van der Waals surface area contributed by atoms with Gasteiger partial charge in [0.1, 0.15) is 0 Å². The van der Waals surface area contributed by atoms with E-state index in [9.17, 15) is 10.2 Å². The topological polar surface area (TPSA) is 52.9 Å². The molecule has 0 radical (unpaired) electrons. The number of likely N-dealkylation sites (tertiary alicyclic amines) is 1. The molecule has 2 rings (SSSR count). The van der Waals surface area contributed by atoms with Crippen molar-refractivity contribution >= 4 is 11.6 Å². The molecule has 0 aliphatic carbocycles. The van der Waals surface area contributed by atoms with Crippen molar-refractivity contribution in [2.24, 2.45) is 0 Å². The number of aliphatic hydroxyl groups is 2. The highest BCUT2D eigenvalue weighted by Gasteiger charge is 2.34. The number of benzene rings is 1. The van der Waals surface area contributed by atoms with Crippen LogP contribution >= 0.6 is 11.6 Å². The smallest absolute Gasteiger partial charge is 0.0920 e. The molecule has 22 heavy (non-hydrogen) atoms. The maximum atomic E-state index is 10.8. The van der Waals surface area contributed by atoms with Gasteiger partial charge >= 0.3 is 0 Å². The Morgan fingerprint density at radius 2 is 1.82 bits per heavy atom. The molecule has 1 aliphatic heterocycles. The number of halogens is 1. The zero-order chi connectivity index (χ0) is 16.2. The van der Waals surface area contributed by atoms with Gasteiger partial charge in [-0.3, -0.25) is 0 Å². The first kappa shape index (κ1) is 17.7. The van der Waals surface area contributed by atoms with E-state index in [0.29, 0.717) is 31.0 Å². The summed E-state index contributed by atoms with van der Waals surface area (Å²) in [4.78, 5) is 2.18. The van der Waals surface area contributed by atoms with E-state index in [4.69, 9.17) is 16.3 Å². The minimum Gasteiger partial charge on any atom is -0.389 e. The summed E-state index contributed by atoms with van der Waals surface area (Å²) in [5.74, 6) is 0. The summed E-state index contributed by atoms with van der Waals surface area (Å²) in [6, 6.07) is 7.41. The minimum absolute atomic E-state index is 0.131. The first-order chi connectivity index (χ1) is 10.4. The Morgan fingerprint density at radius 1 is 1.23 bits per heavy atom. The SMILES string of the molecule is CC(C)OC[C@@H](O)CN1CCC(O)(c2ccc(Cl)cc2)CC1. The van der Waals surface area contributed by atoms with Gasteiger partial charge < -0.3 is 19.8 Å². The number of ether oxygens (including phenoxy) is 1. The second kappa shape index (κ2) is 7.75. The average molecular weight is 328 g/mol. The molecule has 0 bridgehead atoms. The summed E-state index contributed by atoms with van der Waals surface area (Å²) in [5.41, 5.74) is 0.126. The monoisotopic (exact) mass is 327 g/mol. The first-order valence-corrected chi connectivity index (χ1v) is 8.27. The molecule has 0 amide bonds. The quantitative estimate of drug-likeness (QED) is 0.842. The van der Waals surface area contributed by atoms with Crippen LogP contribution in [0, 0.1) is 0 Å². The van der Waals surface area contributed by atoms with Crippen molar-refractivity contribution in [2.75, 3.05) is 26.2 Å². The van der Waals surface area contributed by atoms with Crippen LogP contribution in [0.5, 0.6) is 0 Å². The van der Waals surface area contributed by atoms with E-state index in [1.54, 1.807) is 0 Å². The van der Waals surface area contributed by atoms with E-state index in [1.165, 1.54) is 0 Å². The van der Waals surface area contributed by atoms with Crippen molar-refractivity contribution < 1.29 is 14.9 Å². The lowest BCUT2D eigenvalue weighted by molar-refractivity contribution is -0.0479. The highest BCUT2D eigenvalue weighted by molar-refractivity contribution is 6.30. The van der Waals surface area contributed by atoms with E-state index in [2.05, 4.69) is 4.90 Å². The number of rotatable bonds is 6. The Balaban J connectivity index is 1.83. The van der Waals surface area contributed by atoms with Crippen molar-refractivity contribution in [2.45, 2.75) is 44.5 Å². The lowest BCUT2D eigenvalue weighted by Gasteiger charge is -2.39. The lowest BCUT2D eigenvalue weighted by Crippen LogP contribution is -2.45. The molecule has 0 aromatic heterocycles. The Labute approximate surface area is 137 Å². The van der Waals surface area contributed by atoms with Crippen LogP contribution in [0.3, 0.4) is 0 Å². The second-order valence-corrected chi connectivity index (χ2v) is 6.81. The number of aliphatic hydroxyl groups excluding tert-OH is 1. The molecule has 5 heteroatoms. The van der Waals surface area contributed by atoms with Crippen molar-refractivity contribution in [1.29, 1.82) is 0 Å². The van der Waals surface area contributed by atoms with Crippen LogP contribution in [0.15, 0.2) is 24.3 Å². The highest BCUT2D eigenvalue weighted by Crippen LogP contribution is 2.33. The summed E-state index contributed by atoms with van der Waals surface area (Å²) >= 11 is 5.90. The van der Waals surface area contributed by atoms with E-state index in [0.717, 1.165) is 18.7 Å². The fourth-order valence-electron chi connectivity index (χ4n) is 2.81. The van der Waals surface area contributed by atoms with Crippen LogP contribution in [-0.2, 0) is 10.3 Å². The van der Waals surface area contributed by atoms with Crippen LogP contribution in [0.4, 0.5) is 0 Å².